The predicted molar refractivity (Wildman–Crippen MR) is 104 cm³/mol. The molecule has 26 heavy (non-hydrogen) atoms. The number of carbonyl (C=O) groups excluding carboxylic acids is 1. The van der Waals surface area contributed by atoms with E-state index in [-0.39, 0.29) is 11.8 Å². The Hall–Kier alpha value is -2.53. The second kappa shape index (κ2) is 8.72. The summed E-state index contributed by atoms with van der Waals surface area (Å²) in [6.07, 6.45) is 2.45. The molecule has 1 amide bonds. The van der Waals surface area contributed by atoms with Gasteiger partial charge in [0.2, 0.25) is 5.91 Å². The number of thiophene rings is 1. The molecule has 4 nitrogen and oxygen atoms in total. The van der Waals surface area contributed by atoms with E-state index in [1.165, 1.54) is 4.88 Å². The number of para-hydroxylation sites is 1. The number of carbonyl (C=O) groups is 1. The lowest BCUT2D eigenvalue weighted by Crippen LogP contribution is -2.30. The van der Waals surface area contributed by atoms with Gasteiger partial charge in [-0.05, 0) is 36.1 Å². The lowest BCUT2D eigenvalue weighted by molar-refractivity contribution is -0.129. The molecule has 0 aliphatic heterocycles. The normalized spacial score (nSPS) is 11.9. The number of hydrogen-bond acceptors (Lipinski definition) is 4. The van der Waals surface area contributed by atoms with Gasteiger partial charge in [-0.1, -0.05) is 24.3 Å². The Balaban J connectivity index is 1.80. The molecule has 0 aliphatic carbocycles. The van der Waals surface area contributed by atoms with Crippen LogP contribution in [0.3, 0.4) is 0 Å². The van der Waals surface area contributed by atoms with Crippen molar-refractivity contribution in [3.05, 3.63) is 76.4 Å². The molecule has 0 saturated heterocycles. The molecule has 2 aromatic heterocycles. The number of ether oxygens (including phenoxy) is 1. The van der Waals surface area contributed by atoms with Crippen molar-refractivity contribution in [2.45, 2.75) is 25.8 Å². The van der Waals surface area contributed by atoms with E-state index in [4.69, 9.17) is 9.15 Å². The molecule has 1 aromatic carbocycles. The molecule has 0 fully saturated rings. The Morgan fingerprint density at radius 1 is 1.19 bits per heavy atom. The number of benzene rings is 1. The zero-order valence-corrected chi connectivity index (χ0v) is 15.9. The monoisotopic (exact) mass is 369 g/mol. The number of nitrogens with zero attached hydrogens (tertiary/aromatic N) is 1. The number of rotatable bonds is 8. The standard InChI is InChI=1S/C21H23NO3S/c1-16(23)22(15-17-7-6-14-26-17)12-11-19(21-10-5-13-25-21)18-8-3-4-9-20(18)24-2/h3-10,13-14,19H,11-12,15H2,1-2H3/t19-/m0/s1. The summed E-state index contributed by atoms with van der Waals surface area (Å²) in [4.78, 5) is 15.2. The van der Waals surface area contributed by atoms with Crippen molar-refractivity contribution in [2.24, 2.45) is 0 Å². The van der Waals surface area contributed by atoms with Crippen molar-refractivity contribution >= 4 is 17.2 Å². The zero-order valence-electron chi connectivity index (χ0n) is 15.1. The smallest absolute Gasteiger partial charge is 0.219 e. The van der Waals surface area contributed by atoms with Crippen LogP contribution in [-0.2, 0) is 11.3 Å². The molecule has 136 valence electrons. The third-order valence-corrected chi connectivity index (χ3v) is 5.32. The van der Waals surface area contributed by atoms with Crippen LogP contribution in [-0.4, -0.2) is 24.5 Å². The van der Waals surface area contributed by atoms with Crippen molar-refractivity contribution in [3.63, 3.8) is 0 Å². The first-order valence-electron chi connectivity index (χ1n) is 8.63. The average Bonchev–Trinajstić information content (AvgIpc) is 3.35. The van der Waals surface area contributed by atoms with Crippen molar-refractivity contribution < 1.29 is 13.9 Å². The number of methoxy groups -OCH3 is 1. The summed E-state index contributed by atoms with van der Waals surface area (Å²) in [6.45, 7) is 2.92. The quantitative estimate of drug-likeness (QED) is 0.566. The molecule has 0 aliphatic rings. The molecular formula is C21H23NO3S. The van der Waals surface area contributed by atoms with Crippen LogP contribution < -0.4 is 4.74 Å². The number of hydrogen-bond donors (Lipinski definition) is 0. The molecule has 1 atom stereocenters. The SMILES string of the molecule is COc1ccccc1[C@H](CCN(Cc1cccs1)C(C)=O)c1ccco1. The molecule has 0 radical (unpaired) electrons. The van der Waals surface area contributed by atoms with E-state index in [1.54, 1.807) is 31.6 Å². The summed E-state index contributed by atoms with van der Waals surface area (Å²) in [6, 6.07) is 15.9. The van der Waals surface area contributed by atoms with Gasteiger partial charge in [0.25, 0.3) is 0 Å². The first-order chi connectivity index (χ1) is 12.7. The topological polar surface area (TPSA) is 42.7 Å². The average molecular weight is 369 g/mol. The van der Waals surface area contributed by atoms with Gasteiger partial charge in [0.15, 0.2) is 0 Å². The fraction of sp³-hybridized carbons (Fsp3) is 0.286. The van der Waals surface area contributed by atoms with E-state index >= 15 is 0 Å². The van der Waals surface area contributed by atoms with Gasteiger partial charge in [-0.15, -0.1) is 11.3 Å². The van der Waals surface area contributed by atoms with Gasteiger partial charge < -0.3 is 14.1 Å². The molecule has 3 rings (SSSR count). The van der Waals surface area contributed by atoms with Crippen LogP contribution >= 0.6 is 11.3 Å². The molecule has 3 aromatic rings. The van der Waals surface area contributed by atoms with Crippen LogP contribution in [0.25, 0.3) is 0 Å². The van der Waals surface area contributed by atoms with Gasteiger partial charge in [-0.2, -0.15) is 0 Å². The van der Waals surface area contributed by atoms with Crippen molar-refractivity contribution in [1.82, 2.24) is 4.90 Å². The first-order valence-corrected chi connectivity index (χ1v) is 9.51. The van der Waals surface area contributed by atoms with E-state index in [2.05, 4.69) is 12.1 Å². The van der Waals surface area contributed by atoms with Gasteiger partial charge in [0.05, 0.1) is 19.9 Å². The molecule has 0 unspecified atom stereocenters. The minimum Gasteiger partial charge on any atom is -0.496 e. The third-order valence-electron chi connectivity index (χ3n) is 4.46. The highest BCUT2D eigenvalue weighted by Crippen LogP contribution is 2.34. The Bertz CT molecular complexity index is 812. The van der Waals surface area contributed by atoms with Crippen LogP contribution in [0.15, 0.2) is 64.6 Å². The molecule has 5 heteroatoms. The molecule has 2 heterocycles. The maximum absolute atomic E-state index is 12.1. The van der Waals surface area contributed by atoms with E-state index in [0.29, 0.717) is 13.1 Å². The van der Waals surface area contributed by atoms with Gasteiger partial charge in [0.1, 0.15) is 11.5 Å². The van der Waals surface area contributed by atoms with Crippen LogP contribution in [0.1, 0.15) is 35.5 Å². The highest BCUT2D eigenvalue weighted by Gasteiger charge is 2.22. The summed E-state index contributed by atoms with van der Waals surface area (Å²) in [7, 11) is 1.68. The maximum Gasteiger partial charge on any atom is 0.219 e. The Morgan fingerprint density at radius 2 is 2.04 bits per heavy atom. The van der Waals surface area contributed by atoms with Crippen molar-refractivity contribution in [1.29, 1.82) is 0 Å². The minimum atomic E-state index is 0.0336. The highest BCUT2D eigenvalue weighted by atomic mass is 32.1. The summed E-state index contributed by atoms with van der Waals surface area (Å²) in [5, 5.41) is 2.04. The Kier molecular flexibility index (Phi) is 6.12. The largest absolute Gasteiger partial charge is 0.496 e. The van der Waals surface area contributed by atoms with Crippen LogP contribution in [0.5, 0.6) is 5.75 Å². The summed E-state index contributed by atoms with van der Waals surface area (Å²) in [5.74, 6) is 1.83. The Labute approximate surface area is 158 Å². The van der Waals surface area contributed by atoms with E-state index in [1.807, 2.05) is 46.7 Å². The van der Waals surface area contributed by atoms with E-state index < -0.39 is 0 Å². The fourth-order valence-corrected chi connectivity index (χ4v) is 3.84. The first kappa shape index (κ1) is 18.3. The second-order valence-electron chi connectivity index (χ2n) is 6.12. The van der Waals surface area contributed by atoms with E-state index in [9.17, 15) is 4.79 Å². The summed E-state index contributed by atoms with van der Waals surface area (Å²) >= 11 is 1.67. The van der Waals surface area contributed by atoms with Crippen molar-refractivity contribution in [3.8, 4) is 5.75 Å². The molecule has 0 saturated carbocycles. The van der Waals surface area contributed by atoms with Crippen LogP contribution in [0.4, 0.5) is 0 Å². The highest BCUT2D eigenvalue weighted by molar-refractivity contribution is 7.09. The summed E-state index contributed by atoms with van der Waals surface area (Å²) in [5.41, 5.74) is 1.07. The van der Waals surface area contributed by atoms with Gasteiger partial charge in [-0.25, -0.2) is 0 Å². The van der Waals surface area contributed by atoms with E-state index in [0.717, 1.165) is 23.5 Å². The zero-order chi connectivity index (χ0) is 18.4. The predicted octanol–water partition coefficient (Wildman–Crippen LogP) is 4.92. The van der Waals surface area contributed by atoms with Crippen LogP contribution in [0.2, 0.25) is 0 Å². The molecule has 0 N–H and O–H groups in total. The third kappa shape index (κ3) is 4.35. The lowest BCUT2D eigenvalue weighted by Gasteiger charge is -2.24. The summed E-state index contributed by atoms with van der Waals surface area (Å²) < 4.78 is 11.2. The molecular weight excluding hydrogens is 346 g/mol. The Morgan fingerprint density at radius 3 is 2.69 bits per heavy atom. The van der Waals surface area contributed by atoms with Crippen molar-refractivity contribution in [2.75, 3.05) is 13.7 Å². The number of amides is 1. The van der Waals surface area contributed by atoms with Gasteiger partial charge in [0, 0.05) is 29.8 Å². The second-order valence-corrected chi connectivity index (χ2v) is 7.15. The van der Waals surface area contributed by atoms with Crippen LogP contribution in [0, 0.1) is 0 Å². The number of furan rings is 1. The minimum absolute atomic E-state index is 0.0336. The van der Waals surface area contributed by atoms with Gasteiger partial charge in [-0.3, -0.25) is 4.79 Å². The van der Waals surface area contributed by atoms with Gasteiger partial charge >= 0.3 is 0 Å². The fourth-order valence-electron chi connectivity index (χ4n) is 3.12. The molecule has 0 spiro atoms. The lowest BCUT2D eigenvalue weighted by atomic mass is 9.92. The molecule has 0 bridgehead atoms. The maximum atomic E-state index is 12.1.